The molecular formula is C11H12Br2N2S. The van der Waals surface area contributed by atoms with Crippen molar-refractivity contribution in [3.8, 4) is 0 Å². The van der Waals surface area contributed by atoms with Crippen LogP contribution in [0.4, 0.5) is 0 Å². The summed E-state index contributed by atoms with van der Waals surface area (Å²) in [5, 5.41) is 0. The van der Waals surface area contributed by atoms with Gasteiger partial charge in [-0.25, -0.2) is 0 Å². The molecule has 0 aliphatic carbocycles. The van der Waals surface area contributed by atoms with E-state index in [2.05, 4.69) is 74.0 Å². The van der Waals surface area contributed by atoms with Gasteiger partial charge in [0.25, 0.3) is 0 Å². The monoisotopic (exact) mass is 362 g/mol. The van der Waals surface area contributed by atoms with Crippen molar-refractivity contribution in [1.82, 2.24) is 4.68 Å². The third kappa shape index (κ3) is 2.52. The topological polar surface area (TPSA) is 17.0 Å². The van der Waals surface area contributed by atoms with Gasteiger partial charge in [-0.3, -0.25) is 4.68 Å². The Morgan fingerprint density at radius 1 is 1.25 bits per heavy atom. The van der Waals surface area contributed by atoms with Crippen LogP contribution in [0.1, 0.15) is 16.3 Å². The minimum Gasteiger partial charge on any atom is -0.321 e. The van der Waals surface area contributed by atoms with Crippen LogP contribution < -0.4 is 5.43 Å². The maximum absolute atomic E-state index is 3.50. The van der Waals surface area contributed by atoms with Crippen LogP contribution in [0.5, 0.6) is 0 Å². The van der Waals surface area contributed by atoms with Crippen LogP contribution in [0.25, 0.3) is 0 Å². The second-order valence-corrected chi connectivity index (χ2v) is 6.93. The lowest BCUT2D eigenvalue weighted by molar-refractivity contribution is 0.797. The van der Waals surface area contributed by atoms with Crippen LogP contribution in [0.15, 0.2) is 26.5 Å². The smallest absolute Gasteiger partial charge is 0.0843 e. The Morgan fingerprint density at radius 2 is 1.88 bits per heavy atom. The Balaban J connectivity index is 2.08. The van der Waals surface area contributed by atoms with E-state index in [9.17, 15) is 0 Å². The number of aromatic nitrogens is 1. The van der Waals surface area contributed by atoms with Crippen molar-refractivity contribution in [2.24, 2.45) is 0 Å². The molecule has 2 aromatic heterocycles. The Morgan fingerprint density at radius 3 is 2.38 bits per heavy atom. The Labute approximate surface area is 116 Å². The van der Waals surface area contributed by atoms with Crippen molar-refractivity contribution in [2.45, 2.75) is 20.4 Å². The van der Waals surface area contributed by atoms with Crippen LogP contribution in [-0.4, -0.2) is 4.68 Å². The van der Waals surface area contributed by atoms with Crippen molar-refractivity contribution in [2.75, 3.05) is 5.43 Å². The number of aryl methyl sites for hydroxylation is 2. The van der Waals surface area contributed by atoms with Gasteiger partial charge in [0.1, 0.15) is 0 Å². The highest BCUT2D eigenvalue weighted by atomic mass is 79.9. The molecule has 16 heavy (non-hydrogen) atoms. The highest BCUT2D eigenvalue weighted by molar-refractivity contribution is 9.13. The number of hydrogen-bond donors (Lipinski definition) is 1. The molecule has 0 aliphatic heterocycles. The van der Waals surface area contributed by atoms with Crippen molar-refractivity contribution in [3.05, 3.63) is 42.7 Å². The molecule has 0 fully saturated rings. The standard InChI is InChI=1S/C11H12Br2N2S/c1-7-3-4-8(2)15(7)14-6-9-5-10(12)11(13)16-9/h3-5,14H,6H2,1-2H3. The van der Waals surface area contributed by atoms with Crippen LogP contribution >= 0.6 is 43.2 Å². The predicted octanol–water partition coefficient (Wildman–Crippen LogP) is 4.44. The molecule has 0 saturated carbocycles. The number of nitrogens with zero attached hydrogens (tertiary/aromatic N) is 1. The van der Waals surface area contributed by atoms with E-state index in [0.29, 0.717) is 0 Å². The van der Waals surface area contributed by atoms with Gasteiger partial charge in [-0.2, -0.15) is 0 Å². The van der Waals surface area contributed by atoms with Crippen LogP contribution in [0.2, 0.25) is 0 Å². The number of nitrogens with one attached hydrogen (secondary N) is 1. The fraction of sp³-hybridized carbons (Fsp3) is 0.273. The summed E-state index contributed by atoms with van der Waals surface area (Å²) in [5.74, 6) is 0. The molecular weight excluding hydrogens is 352 g/mol. The minimum atomic E-state index is 0.839. The Bertz CT molecular complexity index is 463. The van der Waals surface area contributed by atoms with Crippen molar-refractivity contribution < 1.29 is 0 Å². The quantitative estimate of drug-likeness (QED) is 0.853. The zero-order valence-corrected chi connectivity index (χ0v) is 13.0. The highest BCUT2D eigenvalue weighted by Crippen LogP contribution is 2.32. The molecule has 0 amide bonds. The van der Waals surface area contributed by atoms with E-state index in [4.69, 9.17) is 0 Å². The van der Waals surface area contributed by atoms with E-state index in [1.807, 2.05) is 0 Å². The van der Waals surface area contributed by atoms with E-state index in [-0.39, 0.29) is 0 Å². The predicted molar refractivity (Wildman–Crippen MR) is 76.7 cm³/mol. The van der Waals surface area contributed by atoms with E-state index in [1.165, 1.54) is 16.3 Å². The third-order valence-corrected chi connectivity index (χ3v) is 5.63. The molecule has 1 N–H and O–H groups in total. The zero-order valence-electron chi connectivity index (χ0n) is 9.05. The van der Waals surface area contributed by atoms with E-state index in [0.717, 1.165) is 14.8 Å². The van der Waals surface area contributed by atoms with Gasteiger partial charge in [0, 0.05) is 20.7 Å². The Hall–Kier alpha value is -0.260. The molecule has 0 unspecified atom stereocenters. The molecule has 2 nitrogen and oxygen atoms in total. The summed E-state index contributed by atoms with van der Waals surface area (Å²) in [7, 11) is 0. The van der Waals surface area contributed by atoms with Crippen LogP contribution in [-0.2, 0) is 6.54 Å². The van der Waals surface area contributed by atoms with Crippen LogP contribution in [0, 0.1) is 13.8 Å². The molecule has 0 atom stereocenters. The largest absolute Gasteiger partial charge is 0.321 e. The molecule has 5 heteroatoms. The molecule has 0 saturated heterocycles. The van der Waals surface area contributed by atoms with Gasteiger partial charge in [0.05, 0.1) is 10.3 Å². The average molecular weight is 364 g/mol. The van der Waals surface area contributed by atoms with E-state index < -0.39 is 0 Å². The zero-order chi connectivity index (χ0) is 11.7. The Kier molecular flexibility index (Phi) is 3.77. The molecule has 2 heterocycles. The molecule has 2 aromatic rings. The average Bonchev–Trinajstić information content (AvgIpc) is 2.70. The lowest BCUT2D eigenvalue weighted by Gasteiger charge is -2.11. The van der Waals surface area contributed by atoms with Gasteiger partial charge < -0.3 is 5.43 Å². The molecule has 2 rings (SSSR count). The lowest BCUT2D eigenvalue weighted by atomic mass is 10.5. The second kappa shape index (κ2) is 4.94. The summed E-state index contributed by atoms with van der Waals surface area (Å²) in [5.41, 5.74) is 5.86. The lowest BCUT2D eigenvalue weighted by Crippen LogP contribution is -2.16. The summed E-state index contributed by atoms with van der Waals surface area (Å²) < 4.78 is 4.38. The molecule has 0 aliphatic rings. The first kappa shape index (κ1) is 12.2. The van der Waals surface area contributed by atoms with Gasteiger partial charge >= 0.3 is 0 Å². The van der Waals surface area contributed by atoms with E-state index in [1.54, 1.807) is 11.3 Å². The van der Waals surface area contributed by atoms with Gasteiger partial charge in [0.15, 0.2) is 0 Å². The maximum Gasteiger partial charge on any atom is 0.0843 e. The molecule has 86 valence electrons. The fourth-order valence-corrected chi connectivity index (χ4v) is 3.66. The van der Waals surface area contributed by atoms with E-state index >= 15 is 0 Å². The van der Waals surface area contributed by atoms with Gasteiger partial charge in [-0.05, 0) is 63.9 Å². The molecule has 0 bridgehead atoms. The first-order chi connectivity index (χ1) is 7.58. The number of thiophene rings is 1. The summed E-state index contributed by atoms with van der Waals surface area (Å²) in [6.45, 7) is 5.03. The summed E-state index contributed by atoms with van der Waals surface area (Å²) in [6, 6.07) is 6.36. The summed E-state index contributed by atoms with van der Waals surface area (Å²) >= 11 is 8.74. The van der Waals surface area contributed by atoms with Gasteiger partial charge in [-0.15, -0.1) is 11.3 Å². The number of halogens is 2. The normalized spacial score (nSPS) is 10.8. The van der Waals surface area contributed by atoms with Gasteiger partial charge in [0.2, 0.25) is 0 Å². The van der Waals surface area contributed by atoms with Crippen molar-refractivity contribution in [1.29, 1.82) is 0 Å². The molecule has 0 radical (unpaired) electrons. The van der Waals surface area contributed by atoms with Gasteiger partial charge in [-0.1, -0.05) is 0 Å². The maximum atomic E-state index is 3.50. The first-order valence-corrected chi connectivity index (χ1v) is 7.30. The highest BCUT2D eigenvalue weighted by Gasteiger charge is 2.05. The third-order valence-electron chi connectivity index (χ3n) is 2.38. The van der Waals surface area contributed by atoms with Crippen molar-refractivity contribution >= 4 is 43.2 Å². The molecule has 0 spiro atoms. The summed E-state index contributed by atoms with van der Waals surface area (Å²) in [6.07, 6.45) is 0. The minimum absolute atomic E-state index is 0.839. The number of rotatable bonds is 3. The SMILES string of the molecule is Cc1ccc(C)n1NCc1cc(Br)c(Br)s1. The first-order valence-electron chi connectivity index (χ1n) is 4.90. The second-order valence-electron chi connectivity index (χ2n) is 3.62. The molecule has 0 aromatic carbocycles. The summed E-state index contributed by atoms with van der Waals surface area (Å²) in [4.78, 5) is 1.30. The fourth-order valence-electron chi connectivity index (χ4n) is 1.55. The van der Waals surface area contributed by atoms with Crippen molar-refractivity contribution in [3.63, 3.8) is 0 Å². The van der Waals surface area contributed by atoms with Crippen LogP contribution in [0.3, 0.4) is 0 Å². The number of hydrogen-bond acceptors (Lipinski definition) is 2.